The average Bonchev–Trinajstić information content (AvgIpc) is 2.32. The summed E-state index contributed by atoms with van der Waals surface area (Å²) in [6.45, 7) is 0. The van der Waals surface area contributed by atoms with Crippen LogP contribution in [0.1, 0.15) is 18.4 Å². The Morgan fingerprint density at radius 2 is 1.80 bits per heavy atom. The minimum atomic E-state index is -0.200. The molecule has 0 spiro atoms. The lowest BCUT2D eigenvalue weighted by Gasteiger charge is -2.27. The Labute approximate surface area is 90.4 Å². The molecule has 1 aromatic carbocycles. The predicted octanol–water partition coefficient (Wildman–Crippen LogP) is 3.35. The van der Waals surface area contributed by atoms with Gasteiger partial charge in [0.1, 0.15) is 0 Å². The summed E-state index contributed by atoms with van der Waals surface area (Å²) in [7, 11) is 0. The van der Waals surface area contributed by atoms with E-state index in [0.29, 0.717) is 6.42 Å². The van der Waals surface area contributed by atoms with Gasteiger partial charge in [-0.25, -0.2) is 0 Å². The number of rotatable bonds is 2. The number of nitriles is 1. The maximum Gasteiger partial charge on any atom is 0.0637 e. The minimum Gasteiger partial charge on any atom is -0.198 e. The van der Waals surface area contributed by atoms with E-state index in [-0.39, 0.29) is 5.41 Å². The van der Waals surface area contributed by atoms with E-state index >= 15 is 0 Å². The first-order chi connectivity index (χ1) is 7.37. The van der Waals surface area contributed by atoms with Gasteiger partial charge in [0.2, 0.25) is 0 Å². The molecule has 0 saturated heterocycles. The number of allylic oxidation sites excluding steroid dienone is 4. The molecule has 0 aromatic heterocycles. The van der Waals surface area contributed by atoms with Crippen molar-refractivity contribution in [3.63, 3.8) is 0 Å². The maximum absolute atomic E-state index is 8.93. The van der Waals surface area contributed by atoms with Gasteiger partial charge in [-0.1, -0.05) is 54.6 Å². The van der Waals surface area contributed by atoms with Crippen LogP contribution in [0.5, 0.6) is 0 Å². The fourth-order valence-corrected chi connectivity index (χ4v) is 1.98. The summed E-state index contributed by atoms with van der Waals surface area (Å²) in [5.41, 5.74) is 0.993. The second-order valence-corrected chi connectivity index (χ2v) is 3.78. The Balaban J connectivity index is 2.44. The van der Waals surface area contributed by atoms with Crippen LogP contribution in [-0.4, -0.2) is 0 Å². The summed E-state index contributed by atoms with van der Waals surface area (Å²) in [6, 6.07) is 12.5. The first kappa shape index (κ1) is 9.73. The van der Waals surface area contributed by atoms with Gasteiger partial charge in [-0.05, 0) is 12.0 Å². The van der Waals surface area contributed by atoms with Crippen molar-refractivity contribution in [2.45, 2.75) is 18.3 Å². The zero-order valence-corrected chi connectivity index (χ0v) is 8.56. The van der Waals surface area contributed by atoms with Crippen LogP contribution in [0, 0.1) is 11.3 Å². The standard InChI is InChI=1S/C14H13N/c15-12-11-14(9-5-2-6-10-14)13-7-3-1-4-8-13/h1,3-10H,2,11H2. The summed E-state index contributed by atoms with van der Waals surface area (Å²) in [4.78, 5) is 0. The molecule has 0 heterocycles. The van der Waals surface area contributed by atoms with Crippen LogP contribution >= 0.6 is 0 Å². The number of hydrogen-bond acceptors (Lipinski definition) is 1. The van der Waals surface area contributed by atoms with Crippen molar-refractivity contribution in [3.05, 3.63) is 60.2 Å². The molecule has 0 atom stereocenters. The predicted molar refractivity (Wildman–Crippen MR) is 61.2 cm³/mol. The smallest absolute Gasteiger partial charge is 0.0637 e. The highest BCUT2D eigenvalue weighted by atomic mass is 14.3. The third-order valence-corrected chi connectivity index (χ3v) is 2.79. The molecule has 0 amide bonds. The summed E-state index contributed by atoms with van der Waals surface area (Å²) >= 11 is 0. The van der Waals surface area contributed by atoms with E-state index in [1.54, 1.807) is 0 Å². The second-order valence-electron chi connectivity index (χ2n) is 3.78. The average molecular weight is 195 g/mol. The fourth-order valence-electron chi connectivity index (χ4n) is 1.98. The Morgan fingerprint density at radius 1 is 1.13 bits per heavy atom. The van der Waals surface area contributed by atoms with Gasteiger partial charge in [0, 0.05) is 5.41 Å². The van der Waals surface area contributed by atoms with E-state index < -0.39 is 0 Å². The molecule has 1 nitrogen and oxygen atoms in total. The van der Waals surface area contributed by atoms with Crippen molar-refractivity contribution in [2.24, 2.45) is 0 Å². The van der Waals surface area contributed by atoms with Crippen molar-refractivity contribution >= 4 is 0 Å². The number of nitrogens with zero attached hydrogens (tertiary/aromatic N) is 1. The molecule has 0 unspecified atom stereocenters. The molecule has 0 N–H and O–H groups in total. The highest BCUT2D eigenvalue weighted by Gasteiger charge is 2.26. The van der Waals surface area contributed by atoms with E-state index in [2.05, 4.69) is 42.5 Å². The molecule has 0 fully saturated rings. The summed E-state index contributed by atoms with van der Waals surface area (Å²) in [5.74, 6) is 0. The molecule has 1 heteroatoms. The number of hydrogen-bond donors (Lipinski definition) is 0. The lowest BCUT2D eigenvalue weighted by Crippen LogP contribution is -2.21. The summed E-state index contributed by atoms with van der Waals surface area (Å²) in [6.07, 6.45) is 10.0. The van der Waals surface area contributed by atoms with Crippen LogP contribution < -0.4 is 0 Å². The molecule has 0 radical (unpaired) electrons. The quantitative estimate of drug-likeness (QED) is 0.664. The second kappa shape index (κ2) is 4.14. The van der Waals surface area contributed by atoms with Crippen molar-refractivity contribution in [1.82, 2.24) is 0 Å². The third-order valence-electron chi connectivity index (χ3n) is 2.79. The van der Waals surface area contributed by atoms with Crippen LogP contribution in [0.4, 0.5) is 0 Å². The maximum atomic E-state index is 8.93. The van der Waals surface area contributed by atoms with Gasteiger partial charge in [0.05, 0.1) is 12.5 Å². The molecular formula is C14H13N. The van der Waals surface area contributed by atoms with Gasteiger partial charge in [-0.15, -0.1) is 0 Å². The molecule has 2 rings (SSSR count). The molecule has 74 valence electrons. The first-order valence-corrected chi connectivity index (χ1v) is 5.15. The Hall–Kier alpha value is -1.81. The lowest BCUT2D eigenvalue weighted by atomic mass is 9.75. The third kappa shape index (κ3) is 1.85. The highest BCUT2D eigenvalue weighted by Crippen LogP contribution is 2.33. The Kier molecular flexibility index (Phi) is 2.69. The molecule has 1 aromatic rings. The lowest BCUT2D eigenvalue weighted by molar-refractivity contribution is 0.677. The van der Waals surface area contributed by atoms with Crippen LogP contribution in [-0.2, 0) is 5.41 Å². The van der Waals surface area contributed by atoms with Crippen molar-refractivity contribution in [3.8, 4) is 6.07 Å². The van der Waals surface area contributed by atoms with Gasteiger partial charge in [-0.3, -0.25) is 0 Å². The van der Waals surface area contributed by atoms with Crippen molar-refractivity contribution < 1.29 is 0 Å². The molecule has 15 heavy (non-hydrogen) atoms. The van der Waals surface area contributed by atoms with Crippen LogP contribution in [0.15, 0.2) is 54.6 Å². The molecule has 1 aliphatic carbocycles. The largest absolute Gasteiger partial charge is 0.198 e. The molecule has 0 aliphatic heterocycles. The van der Waals surface area contributed by atoms with Gasteiger partial charge in [-0.2, -0.15) is 5.26 Å². The molecule has 0 bridgehead atoms. The Morgan fingerprint density at radius 3 is 2.40 bits per heavy atom. The van der Waals surface area contributed by atoms with Crippen molar-refractivity contribution in [1.29, 1.82) is 5.26 Å². The number of benzene rings is 1. The summed E-state index contributed by atoms with van der Waals surface area (Å²) in [5, 5.41) is 8.93. The van der Waals surface area contributed by atoms with Gasteiger partial charge < -0.3 is 0 Å². The molecular weight excluding hydrogens is 182 g/mol. The fraction of sp³-hybridized carbons (Fsp3) is 0.214. The summed E-state index contributed by atoms with van der Waals surface area (Å²) < 4.78 is 0. The van der Waals surface area contributed by atoms with Crippen molar-refractivity contribution in [2.75, 3.05) is 0 Å². The van der Waals surface area contributed by atoms with E-state index in [4.69, 9.17) is 5.26 Å². The van der Waals surface area contributed by atoms with E-state index in [1.807, 2.05) is 18.2 Å². The molecule has 1 aliphatic rings. The van der Waals surface area contributed by atoms with E-state index in [9.17, 15) is 0 Å². The SMILES string of the molecule is N#CCC1(c2ccccc2)C=CCC=C1. The Bertz CT molecular complexity index is 408. The first-order valence-electron chi connectivity index (χ1n) is 5.15. The normalized spacial score (nSPS) is 17.3. The monoisotopic (exact) mass is 195 g/mol. The van der Waals surface area contributed by atoms with Crippen LogP contribution in [0.2, 0.25) is 0 Å². The van der Waals surface area contributed by atoms with E-state index in [0.717, 1.165) is 6.42 Å². The molecule has 0 saturated carbocycles. The topological polar surface area (TPSA) is 23.8 Å². The van der Waals surface area contributed by atoms with Gasteiger partial charge in [0.25, 0.3) is 0 Å². The van der Waals surface area contributed by atoms with Crippen LogP contribution in [0.3, 0.4) is 0 Å². The van der Waals surface area contributed by atoms with E-state index in [1.165, 1.54) is 5.56 Å². The highest BCUT2D eigenvalue weighted by molar-refractivity contribution is 5.40. The van der Waals surface area contributed by atoms with Gasteiger partial charge >= 0.3 is 0 Å². The van der Waals surface area contributed by atoms with Crippen LogP contribution in [0.25, 0.3) is 0 Å². The zero-order valence-electron chi connectivity index (χ0n) is 8.56. The minimum absolute atomic E-state index is 0.200. The van der Waals surface area contributed by atoms with Gasteiger partial charge in [0.15, 0.2) is 0 Å². The zero-order chi connectivity index (χ0) is 10.6.